The molecular weight excluding hydrogens is 322 g/mol. The smallest absolute Gasteiger partial charge is 0.409 e. The average molecular weight is 343 g/mol. The van der Waals surface area contributed by atoms with Crippen molar-refractivity contribution in [3.8, 4) is 11.3 Å². The third kappa shape index (κ3) is 3.78. The van der Waals surface area contributed by atoms with Gasteiger partial charge in [0.1, 0.15) is 0 Å². The lowest BCUT2D eigenvalue weighted by atomic mass is 10.1. The highest BCUT2D eigenvalue weighted by molar-refractivity contribution is 5.67. The number of ether oxygens (including phenoxy) is 1. The van der Waals surface area contributed by atoms with Crippen molar-refractivity contribution >= 4 is 12.0 Å². The summed E-state index contributed by atoms with van der Waals surface area (Å²) in [6, 6.07) is 5.14. The van der Waals surface area contributed by atoms with Crippen LogP contribution >= 0.6 is 0 Å². The number of rotatable bonds is 3. The Hall–Kier alpha value is -2.90. The van der Waals surface area contributed by atoms with E-state index in [-0.39, 0.29) is 17.7 Å². The lowest BCUT2D eigenvalue weighted by Crippen LogP contribution is -2.45. The number of pyridine rings is 1. The van der Waals surface area contributed by atoms with Crippen molar-refractivity contribution in [2.24, 2.45) is 7.05 Å². The summed E-state index contributed by atoms with van der Waals surface area (Å²) < 4.78 is 6.26. The Morgan fingerprint density at radius 3 is 2.84 bits per heavy atom. The van der Waals surface area contributed by atoms with Crippen molar-refractivity contribution in [1.82, 2.24) is 19.4 Å². The van der Waals surface area contributed by atoms with Crippen LogP contribution in [0.3, 0.4) is 0 Å². The molecule has 3 heterocycles. The second-order valence-corrected chi connectivity index (χ2v) is 6.00. The summed E-state index contributed by atoms with van der Waals surface area (Å²) in [5.41, 5.74) is 1.27. The topological polar surface area (TPSA) is 89.3 Å². The van der Waals surface area contributed by atoms with Crippen molar-refractivity contribution < 1.29 is 9.53 Å². The van der Waals surface area contributed by atoms with E-state index in [0.717, 1.165) is 18.4 Å². The standard InChI is InChI=1S/C17H21N5O3/c1-21-15(23)10-14(12-5-7-18-8-6-12)20-16(21)19-13-4-3-9-22(11-13)17(24)25-2/h5-8,10,13H,3-4,9,11H2,1-2H3,(H,19,20)/t13-/m1/s1. The van der Waals surface area contributed by atoms with Crippen molar-refractivity contribution in [2.75, 3.05) is 25.5 Å². The van der Waals surface area contributed by atoms with E-state index in [1.165, 1.54) is 17.7 Å². The Balaban J connectivity index is 1.83. The lowest BCUT2D eigenvalue weighted by Gasteiger charge is -2.32. The molecule has 0 saturated carbocycles. The van der Waals surface area contributed by atoms with Crippen molar-refractivity contribution in [3.63, 3.8) is 0 Å². The fourth-order valence-electron chi connectivity index (χ4n) is 2.91. The molecule has 8 heteroatoms. The molecule has 132 valence electrons. The van der Waals surface area contributed by atoms with Crippen molar-refractivity contribution in [2.45, 2.75) is 18.9 Å². The second kappa shape index (κ2) is 7.33. The fraction of sp³-hybridized carbons (Fsp3) is 0.412. The molecule has 1 N–H and O–H groups in total. The first kappa shape index (κ1) is 16.9. The van der Waals surface area contributed by atoms with Gasteiger partial charge in [0.2, 0.25) is 5.95 Å². The quantitative estimate of drug-likeness (QED) is 0.908. The number of hydrogen-bond acceptors (Lipinski definition) is 6. The lowest BCUT2D eigenvalue weighted by molar-refractivity contribution is 0.113. The molecule has 0 spiro atoms. The van der Waals surface area contributed by atoms with E-state index >= 15 is 0 Å². The van der Waals surface area contributed by atoms with Gasteiger partial charge in [-0.1, -0.05) is 0 Å². The highest BCUT2D eigenvalue weighted by Gasteiger charge is 2.25. The Bertz CT molecular complexity index is 806. The Labute approximate surface area is 145 Å². The Morgan fingerprint density at radius 2 is 2.12 bits per heavy atom. The minimum Gasteiger partial charge on any atom is -0.453 e. The predicted octanol–water partition coefficient (Wildman–Crippen LogP) is 1.48. The second-order valence-electron chi connectivity index (χ2n) is 6.00. The first-order chi connectivity index (χ1) is 12.1. The molecule has 0 radical (unpaired) electrons. The van der Waals surface area contributed by atoms with Gasteiger partial charge in [-0.05, 0) is 25.0 Å². The van der Waals surface area contributed by atoms with Gasteiger partial charge in [0.15, 0.2) is 0 Å². The van der Waals surface area contributed by atoms with Crippen LogP contribution in [-0.4, -0.2) is 51.8 Å². The number of methoxy groups -OCH3 is 1. The van der Waals surface area contributed by atoms with Crippen LogP contribution in [0.25, 0.3) is 11.3 Å². The van der Waals surface area contributed by atoms with Crippen LogP contribution in [0.4, 0.5) is 10.7 Å². The molecule has 2 aromatic rings. The van der Waals surface area contributed by atoms with Crippen LogP contribution < -0.4 is 10.9 Å². The van der Waals surface area contributed by atoms with E-state index < -0.39 is 0 Å². The van der Waals surface area contributed by atoms with Crippen molar-refractivity contribution in [3.05, 3.63) is 40.9 Å². The molecule has 0 aromatic carbocycles. The third-order valence-electron chi connectivity index (χ3n) is 4.30. The number of piperidine rings is 1. The van der Waals surface area contributed by atoms with Gasteiger partial charge in [0, 0.05) is 50.2 Å². The van der Waals surface area contributed by atoms with E-state index in [9.17, 15) is 9.59 Å². The first-order valence-electron chi connectivity index (χ1n) is 8.16. The molecule has 3 rings (SSSR count). The molecule has 1 aliphatic rings. The molecule has 1 atom stereocenters. The minimum absolute atomic E-state index is 0.0126. The molecule has 1 amide bonds. The largest absolute Gasteiger partial charge is 0.453 e. The predicted molar refractivity (Wildman–Crippen MR) is 93.3 cm³/mol. The molecule has 0 bridgehead atoms. The highest BCUT2D eigenvalue weighted by Crippen LogP contribution is 2.18. The Kier molecular flexibility index (Phi) is 4.97. The van der Waals surface area contributed by atoms with Crippen LogP contribution in [0, 0.1) is 0 Å². The minimum atomic E-state index is -0.334. The first-order valence-corrected chi connectivity index (χ1v) is 8.16. The number of amides is 1. The molecule has 0 unspecified atom stereocenters. The molecule has 1 fully saturated rings. The maximum atomic E-state index is 12.3. The summed E-state index contributed by atoms with van der Waals surface area (Å²) in [6.45, 7) is 1.19. The zero-order chi connectivity index (χ0) is 17.8. The maximum absolute atomic E-state index is 12.3. The van der Waals surface area contributed by atoms with Gasteiger partial charge < -0.3 is 15.0 Å². The fourth-order valence-corrected chi connectivity index (χ4v) is 2.91. The van der Waals surface area contributed by atoms with E-state index in [1.54, 1.807) is 24.3 Å². The van der Waals surface area contributed by atoms with E-state index in [1.807, 2.05) is 12.1 Å². The summed E-state index contributed by atoms with van der Waals surface area (Å²) in [5, 5.41) is 3.30. The number of anilines is 1. The highest BCUT2D eigenvalue weighted by atomic mass is 16.5. The van der Waals surface area contributed by atoms with Crippen LogP contribution in [0.2, 0.25) is 0 Å². The molecule has 1 saturated heterocycles. The van der Waals surface area contributed by atoms with Gasteiger partial charge in [-0.25, -0.2) is 9.78 Å². The number of carbonyl (C=O) groups is 1. The monoisotopic (exact) mass is 343 g/mol. The summed E-state index contributed by atoms with van der Waals surface area (Å²) in [5.74, 6) is 0.482. The number of nitrogens with one attached hydrogen (secondary N) is 1. The summed E-state index contributed by atoms with van der Waals surface area (Å²) >= 11 is 0. The van der Waals surface area contributed by atoms with Gasteiger partial charge in [-0.2, -0.15) is 0 Å². The van der Waals surface area contributed by atoms with Crippen LogP contribution in [-0.2, 0) is 11.8 Å². The SMILES string of the molecule is COC(=O)N1CCC[C@@H](Nc2nc(-c3ccncc3)cc(=O)n2C)C1. The van der Waals surface area contributed by atoms with Gasteiger partial charge in [0.05, 0.1) is 12.8 Å². The number of aromatic nitrogens is 3. The normalized spacial score (nSPS) is 17.2. The van der Waals surface area contributed by atoms with E-state index in [2.05, 4.69) is 15.3 Å². The van der Waals surface area contributed by atoms with Gasteiger partial charge in [-0.3, -0.25) is 14.3 Å². The number of carbonyl (C=O) groups excluding carboxylic acids is 1. The van der Waals surface area contributed by atoms with Crippen LogP contribution in [0.1, 0.15) is 12.8 Å². The Morgan fingerprint density at radius 1 is 1.36 bits per heavy atom. The van der Waals surface area contributed by atoms with Gasteiger partial charge in [0.25, 0.3) is 5.56 Å². The summed E-state index contributed by atoms with van der Waals surface area (Å²) in [4.78, 5) is 34.2. The van der Waals surface area contributed by atoms with Crippen LogP contribution in [0.15, 0.2) is 35.4 Å². The zero-order valence-electron chi connectivity index (χ0n) is 14.3. The van der Waals surface area contributed by atoms with Gasteiger partial charge in [-0.15, -0.1) is 0 Å². The summed E-state index contributed by atoms with van der Waals surface area (Å²) in [6.07, 6.45) is 4.75. The molecular formula is C17H21N5O3. The van der Waals surface area contributed by atoms with Gasteiger partial charge >= 0.3 is 6.09 Å². The van der Waals surface area contributed by atoms with Crippen LogP contribution in [0.5, 0.6) is 0 Å². The number of likely N-dealkylation sites (tertiary alicyclic amines) is 1. The number of hydrogen-bond donors (Lipinski definition) is 1. The molecule has 8 nitrogen and oxygen atoms in total. The maximum Gasteiger partial charge on any atom is 0.409 e. The third-order valence-corrected chi connectivity index (χ3v) is 4.30. The molecule has 0 aliphatic carbocycles. The van der Waals surface area contributed by atoms with E-state index in [4.69, 9.17) is 4.74 Å². The molecule has 25 heavy (non-hydrogen) atoms. The summed E-state index contributed by atoms with van der Waals surface area (Å²) in [7, 11) is 3.05. The van der Waals surface area contributed by atoms with Crippen molar-refractivity contribution in [1.29, 1.82) is 0 Å². The average Bonchev–Trinajstić information content (AvgIpc) is 2.65. The molecule has 1 aliphatic heterocycles. The van der Waals surface area contributed by atoms with E-state index in [0.29, 0.717) is 24.7 Å². The molecule has 2 aromatic heterocycles. The number of nitrogens with zero attached hydrogens (tertiary/aromatic N) is 4. The zero-order valence-corrected chi connectivity index (χ0v) is 14.3.